The molecule has 1 fully saturated rings. The maximum Gasteiger partial charge on any atom is 0.228 e. The maximum atomic E-state index is 13.6. The number of imidazole rings is 1. The number of rotatable bonds is 4. The monoisotopic (exact) mass is 442 g/mol. The van der Waals surface area contributed by atoms with Gasteiger partial charge in [0.1, 0.15) is 11.9 Å². The molecule has 2 aromatic heterocycles. The molecule has 2 aliphatic rings. The number of nitrogens with one attached hydrogen (secondary N) is 1. The second-order valence-electron chi connectivity index (χ2n) is 8.35. The molecule has 2 aromatic carbocycles. The molecular weight excluding hydrogens is 423 g/mol. The van der Waals surface area contributed by atoms with Crippen molar-refractivity contribution in [1.29, 1.82) is 0 Å². The Labute approximate surface area is 188 Å². The van der Waals surface area contributed by atoms with Gasteiger partial charge in [-0.3, -0.25) is 9.20 Å². The van der Waals surface area contributed by atoms with Gasteiger partial charge in [0.25, 0.3) is 0 Å². The lowest BCUT2D eigenvalue weighted by Crippen LogP contribution is -2.22. The summed E-state index contributed by atoms with van der Waals surface area (Å²) in [5, 5.41) is 6.05. The number of fused-ring (bicyclic) bond motifs is 2. The topological polar surface area (TPSA) is 92.0 Å². The van der Waals surface area contributed by atoms with Crippen LogP contribution in [0.4, 0.5) is 15.9 Å². The SMILES string of the molecule is O=N[C@H]1CCN(c2nccn3c(-c4ccc5c(c4)CC(=O)N5)c(-c4ccc(F)cc4)nc23)C1. The lowest BCUT2D eigenvalue weighted by atomic mass is 10.0. The van der Waals surface area contributed by atoms with E-state index < -0.39 is 0 Å². The van der Waals surface area contributed by atoms with Crippen molar-refractivity contribution in [2.24, 2.45) is 5.18 Å². The molecule has 4 heterocycles. The van der Waals surface area contributed by atoms with Crippen molar-refractivity contribution in [3.8, 4) is 22.5 Å². The number of aromatic nitrogens is 3. The number of benzene rings is 2. The smallest absolute Gasteiger partial charge is 0.228 e. The fourth-order valence-electron chi connectivity index (χ4n) is 4.67. The van der Waals surface area contributed by atoms with Crippen molar-refractivity contribution < 1.29 is 9.18 Å². The summed E-state index contributed by atoms with van der Waals surface area (Å²) in [5.74, 6) is 0.326. The number of halogens is 1. The van der Waals surface area contributed by atoms with Crippen LogP contribution in [0.15, 0.2) is 60.0 Å². The van der Waals surface area contributed by atoms with Gasteiger partial charge in [0.15, 0.2) is 11.5 Å². The summed E-state index contributed by atoms with van der Waals surface area (Å²) in [6.07, 6.45) is 4.56. The zero-order chi connectivity index (χ0) is 22.5. The highest BCUT2D eigenvalue weighted by atomic mass is 19.1. The van der Waals surface area contributed by atoms with Gasteiger partial charge in [-0.25, -0.2) is 14.4 Å². The van der Waals surface area contributed by atoms with Crippen LogP contribution in [-0.4, -0.2) is 39.4 Å². The van der Waals surface area contributed by atoms with Crippen LogP contribution >= 0.6 is 0 Å². The van der Waals surface area contributed by atoms with E-state index in [9.17, 15) is 14.1 Å². The first kappa shape index (κ1) is 19.5. The molecule has 0 bridgehead atoms. The van der Waals surface area contributed by atoms with Crippen LogP contribution < -0.4 is 10.2 Å². The minimum Gasteiger partial charge on any atom is -0.351 e. The lowest BCUT2D eigenvalue weighted by Gasteiger charge is -2.16. The van der Waals surface area contributed by atoms with E-state index in [0.717, 1.165) is 28.1 Å². The van der Waals surface area contributed by atoms with E-state index in [1.165, 1.54) is 12.1 Å². The third kappa shape index (κ3) is 3.24. The average Bonchev–Trinajstić information content (AvgIpc) is 3.54. The molecule has 0 radical (unpaired) electrons. The van der Waals surface area contributed by atoms with Gasteiger partial charge in [-0.2, -0.15) is 4.91 Å². The molecule has 2 aliphatic heterocycles. The van der Waals surface area contributed by atoms with E-state index in [4.69, 9.17) is 4.98 Å². The lowest BCUT2D eigenvalue weighted by molar-refractivity contribution is -0.115. The van der Waals surface area contributed by atoms with Crippen LogP contribution in [0, 0.1) is 10.7 Å². The molecule has 1 amide bonds. The highest BCUT2D eigenvalue weighted by Crippen LogP contribution is 2.37. The number of amides is 1. The Morgan fingerprint density at radius 3 is 2.73 bits per heavy atom. The van der Waals surface area contributed by atoms with E-state index in [-0.39, 0.29) is 17.8 Å². The number of nitroso groups, excluding NO2 is 1. The van der Waals surface area contributed by atoms with E-state index in [1.54, 1.807) is 18.3 Å². The molecule has 0 unspecified atom stereocenters. The molecule has 164 valence electrons. The first-order chi connectivity index (χ1) is 16.1. The number of carbonyl (C=O) groups is 1. The Bertz CT molecular complexity index is 1410. The summed E-state index contributed by atoms with van der Waals surface area (Å²) in [7, 11) is 0. The second kappa shape index (κ2) is 7.47. The minimum absolute atomic E-state index is 0.0297. The number of hydrogen-bond donors (Lipinski definition) is 1. The molecule has 33 heavy (non-hydrogen) atoms. The fraction of sp³-hybridized carbons (Fsp3) is 0.208. The van der Waals surface area contributed by atoms with Crippen molar-refractivity contribution in [1.82, 2.24) is 14.4 Å². The van der Waals surface area contributed by atoms with Gasteiger partial charge in [-0.1, -0.05) is 11.2 Å². The zero-order valence-electron chi connectivity index (χ0n) is 17.5. The van der Waals surface area contributed by atoms with Crippen LogP contribution in [0.1, 0.15) is 12.0 Å². The van der Waals surface area contributed by atoms with Crippen molar-refractivity contribution in [2.45, 2.75) is 18.9 Å². The van der Waals surface area contributed by atoms with Crippen molar-refractivity contribution in [2.75, 3.05) is 23.3 Å². The first-order valence-corrected chi connectivity index (χ1v) is 10.7. The van der Waals surface area contributed by atoms with Crippen LogP contribution in [0.25, 0.3) is 28.2 Å². The van der Waals surface area contributed by atoms with Gasteiger partial charge in [0, 0.05) is 42.3 Å². The largest absolute Gasteiger partial charge is 0.351 e. The van der Waals surface area contributed by atoms with E-state index in [1.807, 2.05) is 33.7 Å². The van der Waals surface area contributed by atoms with Gasteiger partial charge >= 0.3 is 0 Å². The third-order valence-electron chi connectivity index (χ3n) is 6.26. The zero-order valence-corrected chi connectivity index (χ0v) is 17.5. The van der Waals surface area contributed by atoms with Crippen molar-refractivity contribution >= 4 is 23.1 Å². The number of nitrogens with zero attached hydrogens (tertiary/aromatic N) is 5. The molecule has 6 rings (SSSR count). The Kier molecular flexibility index (Phi) is 4.42. The van der Waals surface area contributed by atoms with Crippen molar-refractivity contribution in [3.63, 3.8) is 0 Å². The molecule has 0 spiro atoms. The number of anilines is 2. The summed E-state index contributed by atoms with van der Waals surface area (Å²) in [6.45, 7) is 1.17. The predicted octanol–water partition coefficient (Wildman–Crippen LogP) is 4.04. The van der Waals surface area contributed by atoms with Crippen LogP contribution in [0.3, 0.4) is 0 Å². The van der Waals surface area contributed by atoms with Crippen LogP contribution in [0.2, 0.25) is 0 Å². The highest BCUT2D eigenvalue weighted by molar-refractivity contribution is 6.00. The fourth-order valence-corrected chi connectivity index (χ4v) is 4.67. The predicted molar refractivity (Wildman–Crippen MR) is 123 cm³/mol. The summed E-state index contributed by atoms with van der Waals surface area (Å²) >= 11 is 0. The Hall–Kier alpha value is -4.14. The molecule has 9 heteroatoms. The molecule has 4 aromatic rings. The van der Waals surface area contributed by atoms with Gasteiger partial charge < -0.3 is 10.2 Å². The molecular formula is C24H19FN6O2. The Balaban J connectivity index is 1.57. The average molecular weight is 442 g/mol. The summed E-state index contributed by atoms with van der Waals surface area (Å²) in [5.41, 5.74) is 5.55. The maximum absolute atomic E-state index is 13.6. The molecule has 1 saturated heterocycles. The highest BCUT2D eigenvalue weighted by Gasteiger charge is 2.28. The standard InChI is InChI=1S/C24H19FN6O2/c25-17-4-1-14(2-5-17)21-22(15-3-6-19-16(11-15)12-20(32)27-19)31-10-8-26-23(24(31)28-21)30-9-7-18(13-30)29-33/h1-6,8,10-11,18H,7,9,12-13H2,(H,27,32)/t18-/m0/s1. The summed E-state index contributed by atoms with van der Waals surface area (Å²) in [6, 6.07) is 11.8. The third-order valence-corrected chi connectivity index (χ3v) is 6.26. The van der Waals surface area contributed by atoms with Gasteiger partial charge in [0.05, 0.1) is 17.8 Å². The van der Waals surface area contributed by atoms with Gasteiger partial charge in [-0.15, -0.1) is 0 Å². The summed E-state index contributed by atoms with van der Waals surface area (Å²) < 4.78 is 15.6. The molecule has 1 N–H and O–H groups in total. The molecule has 0 saturated carbocycles. The quantitative estimate of drug-likeness (QED) is 0.482. The first-order valence-electron chi connectivity index (χ1n) is 10.7. The Morgan fingerprint density at radius 2 is 1.94 bits per heavy atom. The van der Waals surface area contributed by atoms with Gasteiger partial charge in [-0.05, 0) is 48.4 Å². The van der Waals surface area contributed by atoms with Gasteiger partial charge in [0.2, 0.25) is 5.91 Å². The van der Waals surface area contributed by atoms with Crippen LogP contribution in [0.5, 0.6) is 0 Å². The molecule has 0 aliphatic carbocycles. The minimum atomic E-state index is -0.321. The Morgan fingerprint density at radius 1 is 1.12 bits per heavy atom. The number of carbonyl (C=O) groups excluding carboxylic acids is 1. The molecule has 8 nitrogen and oxygen atoms in total. The normalized spacial score (nSPS) is 17.4. The number of hydrogen-bond acceptors (Lipinski definition) is 6. The van der Waals surface area contributed by atoms with Crippen LogP contribution in [-0.2, 0) is 11.2 Å². The van der Waals surface area contributed by atoms with Crippen molar-refractivity contribution in [3.05, 3.63) is 71.1 Å². The van der Waals surface area contributed by atoms with E-state index in [2.05, 4.69) is 15.5 Å². The van der Waals surface area contributed by atoms with E-state index in [0.29, 0.717) is 43.1 Å². The summed E-state index contributed by atoms with van der Waals surface area (Å²) in [4.78, 5) is 34.4. The second-order valence-corrected chi connectivity index (χ2v) is 8.35. The molecule has 1 atom stereocenters. The van der Waals surface area contributed by atoms with E-state index >= 15 is 0 Å².